The predicted molar refractivity (Wildman–Crippen MR) is 93.6 cm³/mol. The van der Waals surface area contributed by atoms with E-state index in [0.717, 1.165) is 17.5 Å². The molecule has 0 aromatic heterocycles. The Morgan fingerprint density at radius 2 is 1.83 bits per heavy atom. The zero-order chi connectivity index (χ0) is 17.2. The third-order valence-electron chi connectivity index (χ3n) is 4.23. The molecule has 1 saturated carbocycles. The number of nitrogens with one attached hydrogen (secondary N) is 1. The number of carbonyl (C=O) groups is 1. The van der Waals surface area contributed by atoms with Crippen LogP contribution < -0.4 is 4.72 Å². The molecule has 1 aliphatic carbocycles. The van der Waals surface area contributed by atoms with Crippen LogP contribution in [0, 0.1) is 11.8 Å². The van der Waals surface area contributed by atoms with E-state index >= 15 is 0 Å². The van der Waals surface area contributed by atoms with Crippen LogP contribution in [0.4, 0.5) is 0 Å². The fourth-order valence-electron chi connectivity index (χ4n) is 2.76. The fraction of sp³-hybridized carbons (Fsp3) is 0.211. The molecule has 0 heterocycles. The van der Waals surface area contributed by atoms with E-state index in [9.17, 15) is 13.2 Å². The van der Waals surface area contributed by atoms with Gasteiger partial charge in [0, 0.05) is 6.42 Å². The Hall–Kier alpha value is -2.40. The van der Waals surface area contributed by atoms with E-state index in [1.807, 2.05) is 42.5 Å². The number of benzene rings is 2. The van der Waals surface area contributed by atoms with Crippen molar-refractivity contribution in [2.24, 2.45) is 11.8 Å². The summed E-state index contributed by atoms with van der Waals surface area (Å²) in [5.74, 6) is 0.0858. The van der Waals surface area contributed by atoms with Gasteiger partial charge in [-0.05, 0) is 41.5 Å². The molecule has 0 spiro atoms. The van der Waals surface area contributed by atoms with E-state index in [4.69, 9.17) is 0 Å². The van der Waals surface area contributed by atoms with Crippen molar-refractivity contribution in [2.75, 3.05) is 0 Å². The molecule has 5 heteroatoms. The van der Waals surface area contributed by atoms with Crippen LogP contribution in [-0.2, 0) is 14.8 Å². The second-order valence-electron chi connectivity index (χ2n) is 6.02. The van der Waals surface area contributed by atoms with Gasteiger partial charge in [0.25, 0.3) is 10.0 Å². The monoisotopic (exact) mass is 341 g/mol. The summed E-state index contributed by atoms with van der Waals surface area (Å²) >= 11 is 0. The van der Waals surface area contributed by atoms with E-state index in [2.05, 4.69) is 11.3 Å². The highest BCUT2D eigenvalue weighted by Crippen LogP contribution is 2.41. The summed E-state index contributed by atoms with van der Waals surface area (Å²) in [6, 6.07) is 16.1. The van der Waals surface area contributed by atoms with Crippen molar-refractivity contribution in [3.8, 4) is 11.1 Å². The van der Waals surface area contributed by atoms with Gasteiger partial charge in [-0.15, -0.1) is 6.58 Å². The van der Waals surface area contributed by atoms with Gasteiger partial charge >= 0.3 is 0 Å². The number of amides is 1. The van der Waals surface area contributed by atoms with Gasteiger partial charge in [-0.2, -0.15) is 0 Å². The van der Waals surface area contributed by atoms with E-state index in [1.54, 1.807) is 12.1 Å². The molecule has 124 valence electrons. The van der Waals surface area contributed by atoms with E-state index < -0.39 is 15.9 Å². The van der Waals surface area contributed by atoms with E-state index in [1.165, 1.54) is 6.07 Å². The van der Waals surface area contributed by atoms with Gasteiger partial charge in [0.2, 0.25) is 5.91 Å². The quantitative estimate of drug-likeness (QED) is 0.819. The summed E-state index contributed by atoms with van der Waals surface area (Å²) in [6.45, 7) is 3.69. The molecule has 1 amide bonds. The Kier molecular flexibility index (Phi) is 4.53. The van der Waals surface area contributed by atoms with E-state index in [-0.39, 0.29) is 17.2 Å². The van der Waals surface area contributed by atoms with Crippen molar-refractivity contribution in [3.63, 3.8) is 0 Å². The largest absolute Gasteiger partial charge is 0.274 e. The summed E-state index contributed by atoms with van der Waals surface area (Å²) in [5.41, 5.74) is 1.72. The second-order valence-corrected chi connectivity index (χ2v) is 7.70. The Balaban J connectivity index is 1.75. The van der Waals surface area contributed by atoms with Crippen LogP contribution in [0.3, 0.4) is 0 Å². The first-order valence-electron chi connectivity index (χ1n) is 7.83. The lowest BCUT2D eigenvalue weighted by Crippen LogP contribution is -2.30. The zero-order valence-corrected chi connectivity index (χ0v) is 14.0. The summed E-state index contributed by atoms with van der Waals surface area (Å²) < 4.78 is 27.0. The van der Waals surface area contributed by atoms with Crippen LogP contribution in [0.2, 0.25) is 0 Å². The molecule has 4 nitrogen and oxygen atoms in total. The zero-order valence-electron chi connectivity index (χ0n) is 13.2. The lowest BCUT2D eigenvalue weighted by molar-refractivity contribution is -0.119. The molecule has 0 saturated heterocycles. The van der Waals surface area contributed by atoms with Gasteiger partial charge in [-0.3, -0.25) is 4.79 Å². The van der Waals surface area contributed by atoms with Crippen LogP contribution in [-0.4, -0.2) is 14.3 Å². The summed E-state index contributed by atoms with van der Waals surface area (Å²) in [7, 11) is -3.86. The van der Waals surface area contributed by atoms with Crippen LogP contribution >= 0.6 is 0 Å². The highest BCUT2D eigenvalue weighted by molar-refractivity contribution is 7.90. The number of carbonyl (C=O) groups excluding carboxylic acids is 1. The van der Waals surface area contributed by atoms with Gasteiger partial charge in [0.15, 0.2) is 0 Å². The highest BCUT2D eigenvalue weighted by atomic mass is 32.2. The maximum Gasteiger partial charge on any atom is 0.264 e. The second kappa shape index (κ2) is 6.61. The first-order chi connectivity index (χ1) is 11.5. The van der Waals surface area contributed by atoms with Gasteiger partial charge < -0.3 is 0 Å². The number of sulfonamides is 1. The average Bonchev–Trinajstić information content (AvgIpc) is 3.33. The minimum atomic E-state index is -3.86. The molecule has 24 heavy (non-hydrogen) atoms. The minimum absolute atomic E-state index is 0.0910. The molecule has 2 aromatic rings. The van der Waals surface area contributed by atoms with Gasteiger partial charge in [-0.1, -0.05) is 48.5 Å². The van der Waals surface area contributed by atoms with Crippen molar-refractivity contribution >= 4 is 15.9 Å². The molecule has 1 aliphatic rings. The van der Waals surface area contributed by atoms with Crippen molar-refractivity contribution in [2.45, 2.75) is 17.7 Å². The van der Waals surface area contributed by atoms with Crippen molar-refractivity contribution < 1.29 is 13.2 Å². The highest BCUT2D eigenvalue weighted by Gasteiger charge is 2.36. The first kappa shape index (κ1) is 16.5. The molecule has 3 rings (SSSR count). The average molecular weight is 341 g/mol. The predicted octanol–water partition coefficient (Wildman–Crippen LogP) is 3.37. The molecular weight excluding hydrogens is 322 g/mol. The molecule has 2 aromatic carbocycles. The Labute approximate surface area is 142 Å². The number of hydrogen-bond acceptors (Lipinski definition) is 3. The number of rotatable bonds is 6. The fourth-order valence-corrected chi connectivity index (χ4v) is 3.80. The van der Waals surface area contributed by atoms with Crippen LogP contribution in [0.25, 0.3) is 11.1 Å². The lowest BCUT2D eigenvalue weighted by atomic mass is 10.1. The summed E-state index contributed by atoms with van der Waals surface area (Å²) in [6.07, 6.45) is 2.94. The Morgan fingerprint density at radius 3 is 2.50 bits per heavy atom. The van der Waals surface area contributed by atoms with Gasteiger partial charge in [0.1, 0.15) is 0 Å². The first-order valence-corrected chi connectivity index (χ1v) is 9.31. The molecule has 1 N–H and O–H groups in total. The van der Waals surface area contributed by atoms with Crippen molar-refractivity contribution in [1.29, 1.82) is 0 Å². The topological polar surface area (TPSA) is 63.2 Å². The maximum absolute atomic E-state index is 12.4. The van der Waals surface area contributed by atoms with E-state index in [0.29, 0.717) is 5.92 Å². The SMILES string of the molecule is C=C[C@@H]1CC1CC(=O)NS(=O)(=O)c1cccc(-c2ccccc2)c1. The number of hydrogen-bond donors (Lipinski definition) is 1. The molecular formula is C19H19NO3S. The third kappa shape index (κ3) is 3.74. The standard InChI is InChI=1S/C19H19NO3S/c1-2-14-11-17(14)13-19(21)20-24(22,23)18-10-6-9-16(12-18)15-7-4-3-5-8-15/h2-10,12,14,17H,1,11,13H2,(H,20,21)/t14-,17?/m1/s1. The normalized spacial score (nSPS) is 19.5. The van der Waals surface area contributed by atoms with Gasteiger partial charge in [0.05, 0.1) is 4.90 Å². The third-order valence-corrected chi connectivity index (χ3v) is 5.60. The smallest absolute Gasteiger partial charge is 0.264 e. The molecule has 1 unspecified atom stereocenters. The molecule has 1 fully saturated rings. The van der Waals surface area contributed by atoms with Crippen molar-refractivity contribution in [1.82, 2.24) is 4.72 Å². The lowest BCUT2D eigenvalue weighted by Gasteiger charge is -2.09. The van der Waals surface area contributed by atoms with Crippen LogP contribution in [0.15, 0.2) is 72.1 Å². The van der Waals surface area contributed by atoms with Gasteiger partial charge in [-0.25, -0.2) is 13.1 Å². The van der Waals surface area contributed by atoms with Crippen LogP contribution in [0.5, 0.6) is 0 Å². The maximum atomic E-state index is 12.4. The molecule has 2 atom stereocenters. The molecule has 0 bridgehead atoms. The molecule has 0 radical (unpaired) electrons. The van der Waals surface area contributed by atoms with Crippen molar-refractivity contribution in [3.05, 3.63) is 67.3 Å². The Morgan fingerprint density at radius 1 is 1.12 bits per heavy atom. The summed E-state index contributed by atoms with van der Waals surface area (Å²) in [5, 5.41) is 0. The minimum Gasteiger partial charge on any atom is -0.274 e. The summed E-state index contributed by atoms with van der Waals surface area (Å²) in [4.78, 5) is 12.1. The van der Waals surface area contributed by atoms with Crippen LogP contribution in [0.1, 0.15) is 12.8 Å². The Bertz CT molecular complexity index is 859. The number of allylic oxidation sites excluding steroid dienone is 1. The molecule has 0 aliphatic heterocycles.